The van der Waals surface area contributed by atoms with Gasteiger partial charge in [-0.25, -0.2) is 0 Å². The van der Waals surface area contributed by atoms with E-state index in [1.165, 1.54) is 12.1 Å². The SMILES string of the molecule is C[C@@H](C(=O)OCc1ccc([N+](=O)[O-])cc1)c1cccc2ccccc12. The second kappa shape index (κ2) is 7.13. The van der Waals surface area contributed by atoms with Crippen LogP contribution in [0.2, 0.25) is 0 Å². The van der Waals surface area contributed by atoms with Gasteiger partial charge < -0.3 is 4.74 Å². The fraction of sp³-hybridized carbons (Fsp3) is 0.150. The molecule has 3 aromatic carbocycles. The van der Waals surface area contributed by atoms with E-state index < -0.39 is 10.8 Å². The number of esters is 1. The molecule has 5 heteroatoms. The molecule has 0 saturated carbocycles. The summed E-state index contributed by atoms with van der Waals surface area (Å²) in [5.41, 5.74) is 1.65. The summed E-state index contributed by atoms with van der Waals surface area (Å²) in [7, 11) is 0. The van der Waals surface area contributed by atoms with Gasteiger partial charge >= 0.3 is 5.97 Å². The third-order valence-electron chi connectivity index (χ3n) is 4.17. The third kappa shape index (κ3) is 3.66. The Morgan fingerprint density at radius 1 is 1.04 bits per heavy atom. The third-order valence-corrected chi connectivity index (χ3v) is 4.17. The lowest BCUT2D eigenvalue weighted by molar-refractivity contribution is -0.384. The number of nitrogens with zero attached hydrogens (tertiary/aromatic N) is 1. The van der Waals surface area contributed by atoms with Crippen LogP contribution in [0.15, 0.2) is 66.7 Å². The van der Waals surface area contributed by atoms with Gasteiger partial charge in [0.1, 0.15) is 6.61 Å². The van der Waals surface area contributed by atoms with Crippen molar-refractivity contribution in [2.45, 2.75) is 19.4 Å². The van der Waals surface area contributed by atoms with Crippen molar-refractivity contribution >= 4 is 22.4 Å². The van der Waals surface area contributed by atoms with Crippen molar-refractivity contribution in [2.24, 2.45) is 0 Å². The van der Waals surface area contributed by atoms with E-state index in [1.807, 2.05) is 49.4 Å². The lowest BCUT2D eigenvalue weighted by atomic mass is 9.95. The van der Waals surface area contributed by atoms with Gasteiger partial charge in [0.2, 0.25) is 0 Å². The summed E-state index contributed by atoms with van der Waals surface area (Å²) in [6.45, 7) is 1.91. The molecule has 126 valence electrons. The number of carbonyl (C=O) groups is 1. The fourth-order valence-electron chi connectivity index (χ4n) is 2.75. The molecule has 0 bridgehead atoms. The normalized spacial score (nSPS) is 11.9. The molecule has 0 aromatic heterocycles. The van der Waals surface area contributed by atoms with E-state index in [1.54, 1.807) is 12.1 Å². The number of hydrogen-bond acceptors (Lipinski definition) is 4. The Morgan fingerprint density at radius 3 is 2.44 bits per heavy atom. The molecule has 0 radical (unpaired) electrons. The summed E-state index contributed by atoms with van der Waals surface area (Å²) in [4.78, 5) is 22.6. The average molecular weight is 335 g/mol. The molecule has 5 nitrogen and oxygen atoms in total. The first-order chi connectivity index (χ1) is 12.1. The van der Waals surface area contributed by atoms with Crippen LogP contribution in [0.1, 0.15) is 24.0 Å². The predicted molar refractivity (Wildman–Crippen MR) is 95.3 cm³/mol. The molecular weight excluding hydrogens is 318 g/mol. The Kier molecular flexibility index (Phi) is 4.75. The van der Waals surface area contributed by atoms with Crippen molar-refractivity contribution in [3.8, 4) is 0 Å². The van der Waals surface area contributed by atoms with E-state index >= 15 is 0 Å². The van der Waals surface area contributed by atoms with Gasteiger partial charge in [0.05, 0.1) is 10.8 Å². The van der Waals surface area contributed by atoms with Crippen molar-refractivity contribution in [3.63, 3.8) is 0 Å². The van der Waals surface area contributed by atoms with Gasteiger partial charge in [-0.3, -0.25) is 14.9 Å². The molecule has 0 aliphatic heterocycles. The summed E-state index contributed by atoms with van der Waals surface area (Å²) < 4.78 is 5.38. The molecule has 0 N–H and O–H groups in total. The van der Waals surface area contributed by atoms with Crippen LogP contribution in [0, 0.1) is 10.1 Å². The molecular formula is C20H17NO4. The number of fused-ring (bicyclic) bond motifs is 1. The molecule has 25 heavy (non-hydrogen) atoms. The van der Waals surface area contributed by atoms with Crippen molar-refractivity contribution in [3.05, 3.63) is 88.0 Å². The summed E-state index contributed by atoms with van der Waals surface area (Å²) in [6, 6.07) is 19.8. The number of carbonyl (C=O) groups excluding carboxylic acids is 1. The Bertz CT molecular complexity index is 913. The zero-order valence-corrected chi connectivity index (χ0v) is 13.7. The van der Waals surface area contributed by atoms with Crippen LogP contribution in [-0.4, -0.2) is 10.9 Å². The summed E-state index contributed by atoms with van der Waals surface area (Å²) in [5.74, 6) is -0.723. The number of nitro benzene ring substituents is 1. The molecule has 0 aliphatic rings. The monoisotopic (exact) mass is 335 g/mol. The Hall–Kier alpha value is -3.21. The summed E-state index contributed by atoms with van der Waals surface area (Å²) in [6.07, 6.45) is 0. The van der Waals surface area contributed by atoms with Gasteiger partial charge in [-0.2, -0.15) is 0 Å². The van der Waals surface area contributed by atoms with Gasteiger partial charge in [-0.15, -0.1) is 0 Å². The van der Waals surface area contributed by atoms with E-state index in [2.05, 4.69) is 0 Å². The van der Waals surface area contributed by atoms with Crippen LogP contribution in [0.25, 0.3) is 10.8 Å². The van der Waals surface area contributed by atoms with Gasteiger partial charge in [0, 0.05) is 12.1 Å². The van der Waals surface area contributed by atoms with Gasteiger partial charge in [-0.05, 0) is 41.0 Å². The molecule has 3 rings (SSSR count). The van der Waals surface area contributed by atoms with Gasteiger partial charge in [0.15, 0.2) is 0 Å². The quantitative estimate of drug-likeness (QED) is 0.388. The Morgan fingerprint density at radius 2 is 1.72 bits per heavy atom. The van der Waals surface area contributed by atoms with Crippen LogP contribution in [0.3, 0.4) is 0 Å². The number of nitro groups is 1. The smallest absolute Gasteiger partial charge is 0.313 e. The highest BCUT2D eigenvalue weighted by Gasteiger charge is 2.19. The molecule has 0 amide bonds. The minimum Gasteiger partial charge on any atom is -0.460 e. The molecule has 0 aliphatic carbocycles. The molecule has 0 unspecified atom stereocenters. The van der Waals surface area contributed by atoms with Crippen molar-refractivity contribution in [2.75, 3.05) is 0 Å². The lowest BCUT2D eigenvalue weighted by Gasteiger charge is -2.14. The van der Waals surface area contributed by atoms with Crippen molar-refractivity contribution in [1.82, 2.24) is 0 Å². The first-order valence-corrected chi connectivity index (χ1v) is 7.94. The predicted octanol–water partition coefficient (Wildman–Crippen LogP) is 4.59. The standard InChI is InChI=1S/C20H17NO4/c1-14(18-8-4-6-16-5-2-3-7-19(16)18)20(22)25-13-15-9-11-17(12-10-15)21(23)24/h2-12,14H,13H2,1H3/t14-/m1/s1. The Balaban J connectivity index is 1.71. The zero-order valence-electron chi connectivity index (χ0n) is 13.7. The molecule has 3 aromatic rings. The summed E-state index contributed by atoms with van der Waals surface area (Å²) in [5, 5.41) is 12.8. The van der Waals surface area contributed by atoms with E-state index in [4.69, 9.17) is 4.74 Å². The maximum atomic E-state index is 12.4. The highest BCUT2D eigenvalue weighted by Crippen LogP contribution is 2.26. The van der Waals surface area contributed by atoms with Crippen LogP contribution >= 0.6 is 0 Å². The van der Waals surface area contributed by atoms with Crippen LogP contribution in [0.5, 0.6) is 0 Å². The fourth-order valence-corrected chi connectivity index (χ4v) is 2.75. The second-order valence-electron chi connectivity index (χ2n) is 5.82. The maximum Gasteiger partial charge on any atom is 0.313 e. The van der Waals surface area contributed by atoms with Crippen LogP contribution in [-0.2, 0) is 16.1 Å². The topological polar surface area (TPSA) is 69.4 Å². The number of non-ortho nitro benzene ring substituents is 1. The number of hydrogen-bond donors (Lipinski definition) is 0. The maximum absolute atomic E-state index is 12.4. The lowest BCUT2D eigenvalue weighted by Crippen LogP contribution is -2.13. The van der Waals surface area contributed by atoms with Crippen molar-refractivity contribution in [1.29, 1.82) is 0 Å². The number of ether oxygens (including phenoxy) is 1. The molecule has 0 fully saturated rings. The van der Waals surface area contributed by atoms with Crippen LogP contribution in [0.4, 0.5) is 5.69 Å². The van der Waals surface area contributed by atoms with E-state index in [0.29, 0.717) is 5.56 Å². The van der Waals surface area contributed by atoms with E-state index in [0.717, 1.165) is 16.3 Å². The zero-order chi connectivity index (χ0) is 17.8. The Labute approximate surface area is 145 Å². The number of benzene rings is 3. The average Bonchev–Trinajstić information content (AvgIpc) is 2.65. The second-order valence-corrected chi connectivity index (χ2v) is 5.82. The van der Waals surface area contributed by atoms with Crippen LogP contribution < -0.4 is 0 Å². The molecule has 1 atom stereocenters. The first-order valence-electron chi connectivity index (χ1n) is 7.94. The van der Waals surface area contributed by atoms with Crippen molar-refractivity contribution < 1.29 is 14.5 Å². The van der Waals surface area contributed by atoms with E-state index in [-0.39, 0.29) is 18.3 Å². The minimum atomic E-state index is -0.460. The first kappa shape index (κ1) is 16.6. The number of rotatable bonds is 5. The summed E-state index contributed by atoms with van der Waals surface area (Å²) >= 11 is 0. The molecule has 0 saturated heterocycles. The largest absolute Gasteiger partial charge is 0.460 e. The molecule has 0 spiro atoms. The van der Waals surface area contributed by atoms with Gasteiger partial charge in [0.25, 0.3) is 5.69 Å². The minimum absolute atomic E-state index is 0.0131. The van der Waals surface area contributed by atoms with E-state index in [9.17, 15) is 14.9 Å². The highest BCUT2D eigenvalue weighted by molar-refractivity contribution is 5.91. The molecule has 0 heterocycles. The highest BCUT2D eigenvalue weighted by atomic mass is 16.6. The van der Waals surface area contributed by atoms with Gasteiger partial charge in [-0.1, -0.05) is 42.5 Å².